The highest BCUT2D eigenvalue weighted by molar-refractivity contribution is 7.92. The fourth-order valence-electron chi connectivity index (χ4n) is 3.24. The molecule has 2 rings (SSSR count). The van der Waals surface area contributed by atoms with Crippen LogP contribution in [0.3, 0.4) is 0 Å². The molecular weight excluding hydrogens is 454 g/mol. The first-order valence-electron chi connectivity index (χ1n) is 9.72. The zero-order valence-corrected chi connectivity index (χ0v) is 20.8. The largest absolute Gasteiger partial charge is 0.495 e. The van der Waals surface area contributed by atoms with Crippen LogP contribution in [0, 0.1) is 27.7 Å². The number of carbonyl (C=O) groups is 1. The van der Waals surface area contributed by atoms with Crippen molar-refractivity contribution in [2.45, 2.75) is 45.6 Å². The van der Waals surface area contributed by atoms with Crippen molar-refractivity contribution in [2.24, 2.45) is 0 Å². The lowest BCUT2D eigenvalue weighted by atomic mass is 10.0. The molecule has 0 saturated carbocycles. The molecule has 0 unspecified atom stereocenters. The average Bonchev–Trinajstić information content (AvgIpc) is 2.65. The Labute approximate surface area is 189 Å². The van der Waals surface area contributed by atoms with Gasteiger partial charge in [-0.05, 0) is 75.1 Å². The van der Waals surface area contributed by atoms with Crippen molar-refractivity contribution < 1.29 is 26.4 Å². The van der Waals surface area contributed by atoms with Gasteiger partial charge in [0.2, 0.25) is 26.0 Å². The third-order valence-corrected chi connectivity index (χ3v) is 7.46. The molecule has 0 saturated heterocycles. The van der Waals surface area contributed by atoms with Gasteiger partial charge >= 0.3 is 0 Å². The minimum Gasteiger partial charge on any atom is -0.495 e. The first kappa shape index (κ1) is 25.6. The maximum Gasteiger partial charge on any atom is 0.242 e. The smallest absolute Gasteiger partial charge is 0.242 e. The summed E-state index contributed by atoms with van der Waals surface area (Å²) in [5.74, 6) is -0.341. The Morgan fingerprint density at radius 1 is 0.969 bits per heavy atom. The van der Waals surface area contributed by atoms with E-state index in [0.717, 1.165) is 17.4 Å². The highest BCUT2D eigenvalue weighted by Gasteiger charge is 2.26. The molecule has 9 nitrogen and oxygen atoms in total. The summed E-state index contributed by atoms with van der Waals surface area (Å²) in [4.78, 5) is 12.8. The quantitative estimate of drug-likeness (QED) is 0.529. The Morgan fingerprint density at radius 3 is 2.03 bits per heavy atom. The molecule has 0 aliphatic heterocycles. The van der Waals surface area contributed by atoms with Crippen LogP contribution in [0.25, 0.3) is 0 Å². The fraction of sp³-hybridized carbons (Fsp3) is 0.381. The zero-order valence-electron chi connectivity index (χ0n) is 19.2. The highest BCUT2D eigenvalue weighted by atomic mass is 32.2. The van der Waals surface area contributed by atoms with Crippen molar-refractivity contribution in [3.63, 3.8) is 0 Å². The Balaban J connectivity index is 2.27. The van der Waals surface area contributed by atoms with Crippen LogP contribution in [0.5, 0.6) is 5.75 Å². The van der Waals surface area contributed by atoms with Gasteiger partial charge in [0.05, 0.1) is 30.0 Å². The SMILES string of the molecule is COc1ccc(NC(=O)[C@H](C)NS(=O)(=O)c2c(C)c(C)cc(C)c2C)cc1NS(C)(=O)=O. The Kier molecular flexibility index (Phi) is 7.59. The van der Waals surface area contributed by atoms with Gasteiger partial charge in [-0.1, -0.05) is 6.07 Å². The summed E-state index contributed by atoms with van der Waals surface area (Å²) in [6.07, 6.45) is 0.992. The van der Waals surface area contributed by atoms with Crippen LogP contribution >= 0.6 is 0 Å². The molecule has 0 fully saturated rings. The number of amides is 1. The molecule has 176 valence electrons. The van der Waals surface area contributed by atoms with E-state index < -0.39 is 32.0 Å². The number of sulfonamides is 2. The van der Waals surface area contributed by atoms with Gasteiger partial charge in [-0.15, -0.1) is 0 Å². The first-order chi connectivity index (χ1) is 14.7. The molecule has 3 N–H and O–H groups in total. The van der Waals surface area contributed by atoms with Crippen LogP contribution in [0.15, 0.2) is 29.2 Å². The first-order valence-corrected chi connectivity index (χ1v) is 13.1. The summed E-state index contributed by atoms with van der Waals surface area (Å²) in [5, 5.41) is 2.59. The number of benzene rings is 2. The maximum atomic E-state index is 13.1. The van der Waals surface area contributed by atoms with E-state index in [4.69, 9.17) is 4.74 Å². The van der Waals surface area contributed by atoms with Gasteiger partial charge in [0.15, 0.2) is 0 Å². The van der Waals surface area contributed by atoms with Crippen molar-refractivity contribution in [2.75, 3.05) is 23.4 Å². The van der Waals surface area contributed by atoms with Gasteiger partial charge in [-0.25, -0.2) is 16.8 Å². The van der Waals surface area contributed by atoms with Crippen LogP contribution in [-0.2, 0) is 24.8 Å². The fourth-order valence-corrected chi connectivity index (χ4v) is 5.62. The molecule has 0 heterocycles. The minimum absolute atomic E-state index is 0.141. The number of methoxy groups -OCH3 is 1. The summed E-state index contributed by atoms with van der Waals surface area (Å²) in [6, 6.07) is 5.22. The molecule has 0 spiro atoms. The van der Waals surface area contributed by atoms with E-state index in [1.807, 2.05) is 19.9 Å². The predicted octanol–water partition coefficient (Wildman–Crippen LogP) is 2.61. The summed E-state index contributed by atoms with van der Waals surface area (Å²) < 4.78 is 59.1. The molecule has 0 aromatic heterocycles. The number of nitrogens with one attached hydrogen (secondary N) is 3. The normalized spacial score (nSPS) is 12.8. The lowest BCUT2D eigenvalue weighted by Gasteiger charge is -2.19. The third-order valence-electron chi connectivity index (χ3n) is 5.05. The molecule has 0 aliphatic rings. The molecule has 0 radical (unpaired) electrons. The number of rotatable bonds is 8. The Bertz CT molecular complexity index is 1230. The van der Waals surface area contributed by atoms with Gasteiger partial charge < -0.3 is 10.1 Å². The van der Waals surface area contributed by atoms with Crippen LogP contribution in [-0.4, -0.2) is 42.2 Å². The Morgan fingerprint density at radius 2 is 1.53 bits per heavy atom. The summed E-state index contributed by atoms with van der Waals surface area (Å²) in [6.45, 7) is 8.56. The number of hydrogen-bond donors (Lipinski definition) is 3. The zero-order chi connectivity index (χ0) is 24.4. The van der Waals surface area contributed by atoms with E-state index in [1.165, 1.54) is 32.2 Å². The number of anilines is 2. The molecule has 2 aromatic carbocycles. The van der Waals surface area contributed by atoms with Gasteiger partial charge in [-0.2, -0.15) is 4.72 Å². The lowest BCUT2D eigenvalue weighted by molar-refractivity contribution is -0.117. The topological polar surface area (TPSA) is 131 Å². The van der Waals surface area contributed by atoms with Gasteiger partial charge in [0, 0.05) is 5.69 Å². The highest BCUT2D eigenvalue weighted by Crippen LogP contribution is 2.29. The molecule has 1 atom stereocenters. The van der Waals surface area contributed by atoms with E-state index in [9.17, 15) is 21.6 Å². The predicted molar refractivity (Wildman–Crippen MR) is 125 cm³/mol. The molecular formula is C21H29N3O6S2. The summed E-state index contributed by atoms with van der Waals surface area (Å²) in [5.41, 5.74) is 3.35. The van der Waals surface area contributed by atoms with E-state index in [2.05, 4.69) is 14.8 Å². The van der Waals surface area contributed by atoms with E-state index >= 15 is 0 Å². The van der Waals surface area contributed by atoms with E-state index in [1.54, 1.807) is 13.8 Å². The van der Waals surface area contributed by atoms with Crippen LogP contribution < -0.4 is 19.5 Å². The average molecular weight is 484 g/mol. The van der Waals surface area contributed by atoms with Crippen molar-refractivity contribution in [1.82, 2.24) is 4.72 Å². The second-order valence-corrected chi connectivity index (χ2v) is 11.1. The number of aryl methyl sites for hydroxylation is 2. The summed E-state index contributed by atoms with van der Waals surface area (Å²) >= 11 is 0. The van der Waals surface area contributed by atoms with Crippen LogP contribution in [0.1, 0.15) is 29.2 Å². The molecule has 32 heavy (non-hydrogen) atoms. The number of ether oxygens (including phenoxy) is 1. The minimum atomic E-state index is -3.97. The van der Waals surface area contributed by atoms with E-state index in [0.29, 0.717) is 11.1 Å². The number of carbonyl (C=O) groups excluding carboxylic acids is 1. The number of hydrogen-bond acceptors (Lipinski definition) is 6. The van der Waals surface area contributed by atoms with Gasteiger partial charge in [0.1, 0.15) is 5.75 Å². The van der Waals surface area contributed by atoms with Crippen molar-refractivity contribution in [3.8, 4) is 5.75 Å². The molecule has 2 aromatic rings. The third kappa shape index (κ3) is 5.99. The van der Waals surface area contributed by atoms with Gasteiger partial charge in [-0.3, -0.25) is 9.52 Å². The molecule has 0 aliphatic carbocycles. The monoisotopic (exact) mass is 483 g/mol. The Hall–Kier alpha value is -2.63. The van der Waals surface area contributed by atoms with Crippen LogP contribution in [0.4, 0.5) is 11.4 Å². The molecule has 0 bridgehead atoms. The second kappa shape index (κ2) is 9.47. The second-order valence-electron chi connectivity index (χ2n) is 7.71. The maximum absolute atomic E-state index is 13.1. The summed E-state index contributed by atoms with van der Waals surface area (Å²) in [7, 11) is -6.16. The van der Waals surface area contributed by atoms with Crippen molar-refractivity contribution in [3.05, 3.63) is 46.5 Å². The van der Waals surface area contributed by atoms with E-state index in [-0.39, 0.29) is 22.0 Å². The molecule has 11 heteroatoms. The standard InChI is InChI=1S/C21H29N3O6S2/c1-12-10-13(2)15(4)20(14(12)3)32(28,29)23-16(5)21(25)22-17-8-9-19(30-6)18(11-17)24-31(7,26)27/h8-11,16,23-24H,1-7H3,(H,22,25)/t16-/m0/s1. The van der Waals surface area contributed by atoms with Crippen LogP contribution in [0.2, 0.25) is 0 Å². The van der Waals surface area contributed by atoms with Crippen molar-refractivity contribution >= 4 is 37.3 Å². The van der Waals surface area contributed by atoms with Crippen molar-refractivity contribution in [1.29, 1.82) is 0 Å². The lowest BCUT2D eigenvalue weighted by Crippen LogP contribution is -2.42. The van der Waals surface area contributed by atoms with Gasteiger partial charge in [0.25, 0.3) is 0 Å². The molecule has 1 amide bonds.